The van der Waals surface area contributed by atoms with Gasteiger partial charge in [0.15, 0.2) is 11.5 Å². The second-order valence-corrected chi connectivity index (χ2v) is 8.32. The van der Waals surface area contributed by atoms with E-state index in [9.17, 15) is 14.7 Å². The monoisotopic (exact) mass is 471 g/mol. The number of amides is 1. The van der Waals surface area contributed by atoms with Crippen molar-refractivity contribution in [2.24, 2.45) is 0 Å². The van der Waals surface area contributed by atoms with Gasteiger partial charge in [-0.2, -0.15) is 0 Å². The van der Waals surface area contributed by atoms with E-state index in [4.69, 9.17) is 14.2 Å². The van der Waals surface area contributed by atoms with Crippen LogP contribution in [0.5, 0.6) is 17.2 Å². The fourth-order valence-corrected chi connectivity index (χ4v) is 4.44. The molecule has 0 aromatic heterocycles. The molecule has 1 amide bonds. The van der Waals surface area contributed by atoms with Crippen LogP contribution in [0.15, 0.2) is 72.3 Å². The van der Waals surface area contributed by atoms with E-state index in [0.29, 0.717) is 47.3 Å². The zero-order valence-corrected chi connectivity index (χ0v) is 19.5. The van der Waals surface area contributed by atoms with E-state index in [1.165, 1.54) is 4.90 Å². The number of rotatable bonds is 5. The highest BCUT2D eigenvalue weighted by Gasteiger charge is 2.47. The third-order valence-electron chi connectivity index (χ3n) is 6.32. The summed E-state index contributed by atoms with van der Waals surface area (Å²) in [6, 6.07) is 18.7. The number of hydrogen-bond donors (Lipinski definition) is 1. The molecule has 3 aromatic rings. The molecule has 0 aliphatic carbocycles. The van der Waals surface area contributed by atoms with Crippen molar-refractivity contribution >= 4 is 23.1 Å². The molecule has 1 atom stereocenters. The Morgan fingerprint density at radius 1 is 0.971 bits per heavy atom. The summed E-state index contributed by atoms with van der Waals surface area (Å²) in [4.78, 5) is 28.1. The van der Waals surface area contributed by atoms with Gasteiger partial charge in [0.1, 0.15) is 24.7 Å². The fraction of sp³-hybridized carbons (Fsp3) is 0.214. The number of carbonyl (C=O) groups excluding carboxylic acids is 2. The van der Waals surface area contributed by atoms with Crippen molar-refractivity contribution in [1.82, 2.24) is 0 Å². The lowest BCUT2D eigenvalue weighted by molar-refractivity contribution is -0.132. The number of Topliss-reactive ketones (excluding diaryl/α,β-unsaturated/α-hetero) is 1. The van der Waals surface area contributed by atoms with Gasteiger partial charge in [0, 0.05) is 17.3 Å². The number of ether oxygens (including phenoxy) is 3. The molecule has 1 fully saturated rings. The van der Waals surface area contributed by atoms with Crippen LogP contribution in [-0.2, 0) is 16.0 Å². The minimum absolute atomic E-state index is 0.0271. The molecule has 178 valence electrons. The Kier molecular flexibility index (Phi) is 5.91. The molecule has 2 heterocycles. The molecular formula is C28H25NO6. The average Bonchev–Trinajstić information content (AvgIpc) is 3.18. The van der Waals surface area contributed by atoms with Gasteiger partial charge in [0.25, 0.3) is 11.7 Å². The second kappa shape index (κ2) is 9.18. The summed E-state index contributed by atoms with van der Waals surface area (Å²) in [5.41, 5.74) is 2.77. The summed E-state index contributed by atoms with van der Waals surface area (Å²) in [5, 5.41) is 11.3. The molecule has 2 aliphatic heterocycles. The molecule has 7 nitrogen and oxygen atoms in total. The molecule has 35 heavy (non-hydrogen) atoms. The van der Waals surface area contributed by atoms with E-state index >= 15 is 0 Å². The van der Waals surface area contributed by atoms with Gasteiger partial charge >= 0.3 is 0 Å². The van der Waals surface area contributed by atoms with Crippen LogP contribution in [0, 0.1) is 0 Å². The van der Waals surface area contributed by atoms with Crippen molar-refractivity contribution in [3.63, 3.8) is 0 Å². The molecule has 0 spiro atoms. The topological polar surface area (TPSA) is 85.3 Å². The van der Waals surface area contributed by atoms with Crippen molar-refractivity contribution in [2.45, 2.75) is 19.4 Å². The highest BCUT2D eigenvalue weighted by Crippen LogP contribution is 2.44. The third kappa shape index (κ3) is 3.99. The molecule has 5 rings (SSSR count). The predicted molar refractivity (Wildman–Crippen MR) is 131 cm³/mol. The standard InChI is InChI=1S/C28H25NO6/c1-3-17-4-6-18(7-5-17)25-24(26(30)19-8-11-21(33-2)12-9-19)27(31)28(32)29(25)20-10-13-22-23(16-20)35-15-14-34-22/h4-13,16,25,30H,3,14-15H2,1-2H3/b26-24+. The molecule has 0 saturated carbocycles. The van der Waals surface area contributed by atoms with Gasteiger partial charge in [-0.25, -0.2) is 0 Å². The van der Waals surface area contributed by atoms with Crippen LogP contribution in [0.3, 0.4) is 0 Å². The molecule has 2 aliphatic rings. The number of aliphatic hydroxyl groups is 1. The zero-order valence-electron chi connectivity index (χ0n) is 19.5. The number of anilines is 1. The number of aliphatic hydroxyl groups excluding tert-OH is 1. The van der Waals surface area contributed by atoms with Gasteiger partial charge < -0.3 is 19.3 Å². The minimum atomic E-state index is -0.814. The predicted octanol–water partition coefficient (Wildman–Crippen LogP) is 4.66. The third-order valence-corrected chi connectivity index (χ3v) is 6.32. The molecule has 3 aromatic carbocycles. The van der Waals surface area contributed by atoms with Crippen molar-refractivity contribution in [3.05, 3.63) is 89.0 Å². The Hall–Kier alpha value is -4.26. The number of methoxy groups -OCH3 is 1. The Balaban J connectivity index is 1.67. The Morgan fingerprint density at radius 3 is 2.31 bits per heavy atom. The van der Waals surface area contributed by atoms with Crippen molar-refractivity contribution < 1.29 is 28.9 Å². The smallest absolute Gasteiger partial charge is 0.300 e. The second-order valence-electron chi connectivity index (χ2n) is 8.32. The number of aryl methyl sites for hydroxylation is 1. The number of fused-ring (bicyclic) bond motifs is 1. The zero-order chi connectivity index (χ0) is 24.5. The van der Waals surface area contributed by atoms with E-state index in [2.05, 4.69) is 6.92 Å². The van der Waals surface area contributed by atoms with Crippen LogP contribution in [-0.4, -0.2) is 37.1 Å². The van der Waals surface area contributed by atoms with Crippen LogP contribution in [0.25, 0.3) is 5.76 Å². The Bertz CT molecular complexity index is 1310. The first-order chi connectivity index (χ1) is 17.0. The van der Waals surface area contributed by atoms with Crippen LogP contribution in [0.2, 0.25) is 0 Å². The van der Waals surface area contributed by atoms with Crippen molar-refractivity contribution in [2.75, 3.05) is 25.2 Å². The van der Waals surface area contributed by atoms with Crippen LogP contribution in [0.1, 0.15) is 29.7 Å². The summed E-state index contributed by atoms with van der Waals surface area (Å²) < 4.78 is 16.5. The van der Waals surface area contributed by atoms with Crippen LogP contribution < -0.4 is 19.1 Å². The van der Waals surface area contributed by atoms with Gasteiger partial charge in [-0.1, -0.05) is 31.2 Å². The summed E-state index contributed by atoms with van der Waals surface area (Å²) in [7, 11) is 1.55. The van der Waals surface area contributed by atoms with Crippen molar-refractivity contribution in [1.29, 1.82) is 0 Å². The quantitative estimate of drug-likeness (QED) is 0.331. The molecule has 0 radical (unpaired) electrons. The van der Waals surface area contributed by atoms with Crippen LogP contribution in [0.4, 0.5) is 5.69 Å². The average molecular weight is 472 g/mol. The van der Waals surface area contributed by atoms with Gasteiger partial charge in [-0.3, -0.25) is 14.5 Å². The summed E-state index contributed by atoms with van der Waals surface area (Å²) >= 11 is 0. The van der Waals surface area contributed by atoms with Gasteiger partial charge in [-0.15, -0.1) is 0 Å². The largest absolute Gasteiger partial charge is 0.507 e. The Morgan fingerprint density at radius 2 is 1.66 bits per heavy atom. The maximum Gasteiger partial charge on any atom is 0.300 e. The molecule has 1 N–H and O–H groups in total. The molecule has 1 saturated heterocycles. The van der Waals surface area contributed by atoms with Crippen molar-refractivity contribution in [3.8, 4) is 17.2 Å². The van der Waals surface area contributed by atoms with Gasteiger partial charge in [0.05, 0.1) is 18.7 Å². The number of nitrogens with zero attached hydrogens (tertiary/aromatic N) is 1. The maximum atomic E-state index is 13.4. The number of hydrogen-bond acceptors (Lipinski definition) is 6. The molecule has 7 heteroatoms. The van der Waals surface area contributed by atoms with Crippen LogP contribution >= 0.6 is 0 Å². The minimum Gasteiger partial charge on any atom is -0.507 e. The first kappa shape index (κ1) is 22.5. The highest BCUT2D eigenvalue weighted by molar-refractivity contribution is 6.51. The normalized spacial score (nSPS) is 18.6. The van der Waals surface area contributed by atoms with E-state index in [1.54, 1.807) is 49.6 Å². The van der Waals surface area contributed by atoms with Gasteiger partial charge in [0.2, 0.25) is 0 Å². The summed E-state index contributed by atoms with van der Waals surface area (Å²) in [6.45, 7) is 2.90. The summed E-state index contributed by atoms with van der Waals surface area (Å²) in [5.74, 6) is -0.00997. The molecule has 0 bridgehead atoms. The number of benzene rings is 3. The maximum absolute atomic E-state index is 13.4. The lowest BCUT2D eigenvalue weighted by Crippen LogP contribution is -2.29. The Labute approximate surface area is 203 Å². The van der Waals surface area contributed by atoms with E-state index in [-0.39, 0.29) is 11.3 Å². The lowest BCUT2D eigenvalue weighted by Gasteiger charge is -2.27. The molecular weight excluding hydrogens is 446 g/mol. The summed E-state index contributed by atoms with van der Waals surface area (Å²) in [6.07, 6.45) is 0.856. The van der Waals surface area contributed by atoms with E-state index in [0.717, 1.165) is 12.0 Å². The fourth-order valence-electron chi connectivity index (χ4n) is 4.44. The van der Waals surface area contributed by atoms with E-state index < -0.39 is 17.7 Å². The van der Waals surface area contributed by atoms with Gasteiger partial charge in [-0.05, 0) is 53.9 Å². The highest BCUT2D eigenvalue weighted by atomic mass is 16.6. The molecule has 1 unspecified atom stereocenters. The number of carbonyl (C=O) groups is 2. The lowest BCUT2D eigenvalue weighted by atomic mass is 9.94. The first-order valence-electron chi connectivity index (χ1n) is 11.5. The first-order valence-corrected chi connectivity index (χ1v) is 11.5. The van der Waals surface area contributed by atoms with E-state index in [1.807, 2.05) is 24.3 Å². The number of ketones is 1. The SMILES string of the molecule is CCc1ccc(C2/C(=C(\O)c3ccc(OC)cc3)C(=O)C(=O)N2c2ccc3c(c2)OCCO3)cc1.